The quantitative estimate of drug-likeness (QED) is 0.354. The number of nitrogens with two attached hydrogens (primary N) is 1. The third-order valence-corrected chi connectivity index (χ3v) is 4.47. The summed E-state index contributed by atoms with van der Waals surface area (Å²) in [6.45, 7) is 0. The van der Waals surface area contributed by atoms with Crippen LogP contribution in [0.3, 0.4) is 0 Å². The Hall–Kier alpha value is -1.27. The summed E-state index contributed by atoms with van der Waals surface area (Å²) in [6.07, 6.45) is 4.44. The van der Waals surface area contributed by atoms with Crippen molar-refractivity contribution in [2.24, 2.45) is 11.3 Å². The van der Waals surface area contributed by atoms with Crippen LogP contribution in [0.25, 0.3) is 0 Å². The van der Waals surface area contributed by atoms with Crippen molar-refractivity contribution in [3.8, 4) is 0 Å². The molecule has 6 heteroatoms. The Morgan fingerprint density at radius 2 is 2.44 bits per heavy atom. The molecule has 0 spiro atoms. The second kappa shape index (κ2) is 5.58. The number of carbonyl (C=O) groups is 1. The predicted octanol–water partition coefficient (Wildman–Crippen LogP) is 1.80. The van der Waals surface area contributed by atoms with Gasteiger partial charge < -0.3 is 10.2 Å². The van der Waals surface area contributed by atoms with Crippen LogP contribution in [0, 0.1) is 5.41 Å². The van der Waals surface area contributed by atoms with Gasteiger partial charge >= 0.3 is 5.97 Å². The van der Waals surface area contributed by atoms with E-state index in [1.165, 1.54) is 7.11 Å². The van der Waals surface area contributed by atoms with Crippen LogP contribution in [-0.2, 0) is 9.53 Å². The number of ether oxygens (including phenoxy) is 1. The zero-order valence-electron chi connectivity index (χ0n) is 10.3. The smallest absolute Gasteiger partial charge is 0.306 e. The molecule has 1 fully saturated rings. The van der Waals surface area contributed by atoms with Crippen LogP contribution < -0.4 is 11.3 Å². The summed E-state index contributed by atoms with van der Waals surface area (Å²) in [6, 6.07) is 3.85. The number of methoxy groups -OCH3 is 1. The van der Waals surface area contributed by atoms with E-state index < -0.39 is 0 Å². The lowest BCUT2D eigenvalue weighted by molar-refractivity contribution is -0.141. The molecule has 0 aliphatic heterocycles. The molecule has 1 aliphatic carbocycles. The molecule has 0 saturated heterocycles. The monoisotopic (exact) mass is 267 g/mol. The molecule has 1 aliphatic rings. The highest BCUT2D eigenvalue weighted by Crippen LogP contribution is 2.52. The Balaban J connectivity index is 1.89. The van der Waals surface area contributed by atoms with E-state index in [9.17, 15) is 4.79 Å². The van der Waals surface area contributed by atoms with Crippen molar-refractivity contribution in [3.63, 3.8) is 0 Å². The number of pyridine rings is 1. The van der Waals surface area contributed by atoms with E-state index in [-0.39, 0.29) is 11.4 Å². The van der Waals surface area contributed by atoms with Crippen molar-refractivity contribution < 1.29 is 9.53 Å². The topological polar surface area (TPSA) is 77.2 Å². The Morgan fingerprint density at radius 3 is 3.06 bits per heavy atom. The summed E-state index contributed by atoms with van der Waals surface area (Å²) in [4.78, 5) is 16.5. The highest BCUT2D eigenvalue weighted by atomic mass is 32.2. The van der Waals surface area contributed by atoms with E-state index in [0.717, 1.165) is 23.5 Å². The fourth-order valence-electron chi connectivity index (χ4n) is 1.74. The normalized spacial score (nSPS) is 16.1. The number of thioether (sulfide) groups is 1. The first-order valence-corrected chi connectivity index (χ1v) is 6.78. The number of rotatable bonds is 6. The van der Waals surface area contributed by atoms with Gasteiger partial charge in [0.15, 0.2) is 0 Å². The molecule has 0 radical (unpaired) electrons. The summed E-state index contributed by atoms with van der Waals surface area (Å²) < 4.78 is 4.73. The van der Waals surface area contributed by atoms with Crippen LogP contribution >= 0.6 is 11.8 Å². The number of anilines is 1. The molecule has 0 amide bonds. The molecule has 18 heavy (non-hydrogen) atoms. The average Bonchev–Trinajstić information content (AvgIpc) is 3.17. The van der Waals surface area contributed by atoms with Crippen LogP contribution in [0.1, 0.15) is 19.3 Å². The fraction of sp³-hybridized carbons (Fsp3) is 0.500. The number of nitrogens with one attached hydrogen (secondary N) is 1. The third kappa shape index (κ3) is 3.36. The standard InChI is InChI=1S/C12H17N3O2S/c1-17-11(16)7-12(3-4-12)8-18-9-2-5-14-10(6-9)15-13/h2,5-6H,3-4,7-8,13H2,1H3,(H,14,15). The van der Waals surface area contributed by atoms with Crippen LogP contribution in [0.4, 0.5) is 5.82 Å². The number of nitrogen functional groups attached to an aromatic ring is 1. The van der Waals surface area contributed by atoms with E-state index in [1.807, 2.05) is 12.1 Å². The molecule has 0 bridgehead atoms. The van der Waals surface area contributed by atoms with Gasteiger partial charge in [0.2, 0.25) is 0 Å². The number of hydrogen-bond acceptors (Lipinski definition) is 6. The Bertz CT molecular complexity index is 435. The van der Waals surface area contributed by atoms with Gasteiger partial charge in [-0.2, -0.15) is 0 Å². The number of hydrazine groups is 1. The van der Waals surface area contributed by atoms with Gasteiger partial charge in [0.25, 0.3) is 0 Å². The fourth-order valence-corrected chi connectivity index (χ4v) is 2.96. The van der Waals surface area contributed by atoms with Crippen LogP contribution in [-0.4, -0.2) is 23.8 Å². The summed E-state index contributed by atoms with van der Waals surface area (Å²) in [5.41, 5.74) is 2.66. The van der Waals surface area contributed by atoms with Gasteiger partial charge in [0, 0.05) is 16.8 Å². The second-order valence-corrected chi connectivity index (χ2v) is 5.61. The first-order valence-electron chi connectivity index (χ1n) is 5.80. The molecule has 2 rings (SSSR count). The number of nitrogens with zero attached hydrogens (tertiary/aromatic N) is 1. The average molecular weight is 267 g/mol. The first-order chi connectivity index (χ1) is 8.67. The molecule has 3 N–H and O–H groups in total. The van der Waals surface area contributed by atoms with Crippen molar-refractivity contribution in [2.45, 2.75) is 24.2 Å². The molecular formula is C12H17N3O2S. The number of carbonyl (C=O) groups excluding carboxylic acids is 1. The summed E-state index contributed by atoms with van der Waals surface area (Å²) in [5.74, 6) is 6.77. The van der Waals surface area contributed by atoms with Crippen LogP contribution in [0.2, 0.25) is 0 Å². The van der Waals surface area contributed by atoms with Crippen molar-refractivity contribution in [2.75, 3.05) is 18.3 Å². The van der Waals surface area contributed by atoms with Gasteiger partial charge in [-0.05, 0) is 30.4 Å². The molecule has 98 valence electrons. The number of esters is 1. The van der Waals surface area contributed by atoms with Crippen molar-refractivity contribution in [1.29, 1.82) is 0 Å². The molecule has 1 aromatic heterocycles. The number of hydrogen-bond donors (Lipinski definition) is 2. The van der Waals surface area contributed by atoms with Gasteiger partial charge in [-0.15, -0.1) is 11.8 Å². The minimum absolute atomic E-state index is 0.118. The SMILES string of the molecule is COC(=O)CC1(CSc2ccnc(NN)c2)CC1. The van der Waals surface area contributed by atoms with Crippen LogP contribution in [0.15, 0.2) is 23.2 Å². The molecule has 5 nitrogen and oxygen atoms in total. The zero-order valence-corrected chi connectivity index (χ0v) is 11.1. The first kappa shape index (κ1) is 13.2. The molecule has 0 unspecified atom stereocenters. The van der Waals surface area contributed by atoms with Gasteiger partial charge in [-0.3, -0.25) is 4.79 Å². The molecule has 1 heterocycles. The Labute approximate surface area is 110 Å². The summed E-state index contributed by atoms with van der Waals surface area (Å²) >= 11 is 1.73. The zero-order chi connectivity index (χ0) is 13.0. The second-order valence-electron chi connectivity index (χ2n) is 4.56. The lowest BCUT2D eigenvalue weighted by atomic mass is 10.1. The minimum Gasteiger partial charge on any atom is -0.469 e. The van der Waals surface area contributed by atoms with E-state index in [2.05, 4.69) is 10.4 Å². The highest BCUT2D eigenvalue weighted by molar-refractivity contribution is 7.99. The predicted molar refractivity (Wildman–Crippen MR) is 71.1 cm³/mol. The van der Waals surface area contributed by atoms with E-state index in [0.29, 0.717) is 12.2 Å². The molecule has 0 aromatic carbocycles. The van der Waals surface area contributed by atoms with Gasteiger partial charge in [0.05, 0.1) is 13.5 Å². The minimum atomic E-state index is -0.118. The van der Waals surface area contributed by atoms with Crippen molar-refractivity contribution in [3.05, 3.63) is 18.3 Å². The van der Waals surface area contributed by atoms with E-state index in [1.54, 1.807) is 18.0 Å². The van der Waals surface area contributed by atoms with E-state index >= 15 is 0 Å². The van der Waals surface area contributed by atoms with Gasteiger partial charge in [-0.1, -0.05) is 0 Å². The van der Waals surface area contributed by atoms with Crippen molar-refractivity contribution >= 4 is 23.5 Å². The molecule has 0 atom stereocenters. The summed E-state index contributed by atoms with van der Waals surface area (Å²) in [7, 11) is 1.44. The van der Waals surface area contributed by atoms with Gasteiger partial charge in [-0.25, -0.2) is 10.8 Å². The molecule has 1 saturated carbocycles. The van der Waals surface area contributed by atoms with E-state index in [4.69, 9.17) is 10.6 Å². The lowest BCUT2D eigenvalue weighted by Gasteiger charge is -2.13. The van der Waals surface area contributed by atoms with Crippen LogP contribution in [0.5, 0.6) is 0 Å². The lowest BCUT2D eigenvalue weighted by Crippen LogP contribution is -2.13. The number of aromatic nitrogens is 1. The molecular weight excluding hydrogens is 250 g/mol. The maximum absolute atomic E-state index is 11.3. The van der Waals surface area contributed by atoms with Crippen molar-refractivity contribution in [1.82, 2.24) is 4.98 Å². The maximum atomic E-state index is 11.3. The maximum Gasteiger partial charge on any atom is 0.306 e. The highest BCUT2D eigenvalue weighted by Gasteiger charge is 2.44. The Kier molecular flexibility index (Phi) is 4.08. The third-order valence-electron chi connectivity index (χ3n) is 3.13. The molecule has 1 aromatic rings. The largest absolute Gasteiger partial charge is 0.469 e. The van der Waals surface area contributed by atoms with Gasteiger partial charge in [0.1, 0.15) is 5.82 Å². The summed E-state index contributed by atoms with van der Waals surface area (Å²) in [5, 5.41) is 0. The Morgan fingerprint density at radius 1 is 1.67 bits per heavy atom.